The van der Waals surface area contributed by atoms with Crippen molar-refractivity contribution in [3.8, 4) is 0 Å². The van der Waals surface area contributed by atoms with Crippen molar-refractivity contribution >= 4 is 29.3 Å². The van der Waals surface area contributed by atoms with Gasteiger partial charge in [0.2, 0.25) is 0 Å². The van der Waals surface area contributed by atoms with Gasteiger partial charge in [0.05, 0.1) is 10.0 Å². The Hall–Kier alpha value is -0.970. The number of benzene rings is 1. The van der Waals surface area contributed by atoms with Crippen LogP contribution in [0.25, 0.3) is 0 Å². The summed E-state index contributed by atoms with van der Waals surface area (Å²) in [5.74, 6) is 0. The van der Waals surface area contributed by atoms with E-state index in [2.05, 4.69) is 0 Å². The fourth-order valence-electron chi connectivity index (χ4n) is 3.18. The number of ether oxygens (including phenoxy) is 1. The highest BCUT2D eigenvalue weighted by atomic mass is 35.5. The van der Waals surface area contributed by atoms with E-state index in [4.69, 9.17) is 27.9 Å². The van der Waals surface area contributed by atoms with Crippen molar-refractivity contribution in [2.24, 2.45) is 0 Å². The van der Waals surface area contributed by atoms with Crippen LogP contribution in [0.15, 0.2) is 18.2 Å². The number of likely N-dealkylation sites (tertiary alicyclic amines) is 1. The molecule has 1 N–H and O–H groups in total. The van der Waals surface area contributed by atoms with Crippen LogP contribution >= 0.6 is 23.2 Å². The summed E-state index contributed by atoms with van der Waals surface area (Å²) in [6.07, 6.45) is 1.96. The number of hydrogen-bond acceptors (Lipinski definition) is 3. The molecule has 1 aromatic carbocycles. The SMILES string of the molecule is CC(C)(C)OC(=O)N1CCC(CCCO)(c2ccc(Cl)c(Cl)c2)C1. The molecule has 0 saturated carbocycles. The number of carbonyl (C=O) groups excluding carboxylic acids is 1. The Balaban J connectivity index is 2.23. The van der Waals surface area contributed by atoms with Gasteiger partial charge in [0.15, 0.2) is 0 Å². The smallest absolute Gasteiger partial charge is 0.410 e. The average molecular weight is 374 g/mol. The van der Waals surface area contributed by atoms with Crippen LogP contribution in [0.2, 0.25) is 10.0 Å². The Labute approximate surface area is 153 Å². The molecule has 4 nitrogen and oxygen atoms in total. The van der Waals surface area contributed by atoms with Crippen molar-refractivity contribution < 1.29 is 14.6 Å². The molecule has 1 aromatic rings. The minimum Gasteiger partial charge on any atom is -0.444 e. The maximum absolute atomic E-state index is 12.4. The van der Waals surface area contributed by atoms with E-state index in [1.807, 2.05) is 32.9 Å². The molecule has 0 radical (unpaired) electrons. The number of rotatable bonds is 4. The summed E-state index contributed by atoms with van der Waals surface area (Å²) >= 11 is 12.2. The van der Waals surface area contributed by atoms with Crippen molar-refractivity contribution in [3.63, 3.8) is 0 Å². The van der Waals surface area contributed by atoms with Crippen LogP contribution < -0.4 is 0 Å². The first-order valence-corrected chi connectivity index (χ1v) is 8.97. The summed E-state index contributed by atoms with van der Waals surface area (Å²) < 4.78 is 5.49. The van der Waals surface area contributed by atoms with E-state index < -0.39 is 5.60 Å². The molecule has 6 heteroatoms. The van der Waals surface area contributed by atoms with Crippen LogP contribution in [-0.4, -0.2) is 41.4 Å². The summed E-state index contributed by atoms with van der Waals surface area (Å²) in [7, 11) is 0. The maximum atomic E-state index is 12.4. The van der Waals surface area contributed by atoms with Gasteiger partial charge in [-0.05, 0) is 57.7 Å². The van der Waals surface area contributed by atoms with E-state index >= 15 is 0 Å². The van der Waals surface area contributed by atoms with Gasteiger partial charge in [0.25, 0.3) is 0 Å². The molecule has 0 aromatic heterocycles. The lowest BCUT2D eigenvalue weighted by Gasteiger charge is -2.31. The number of aliphatic hydroxyl groups excluding tert-OH is 1. The van der Waals surface area contributed by atoms with Crippen molar-refractivity contribution in [1.82, 2.24) is 4.90 Å². The molecule has 1 aliphatic heterocycles. The number of halogens is 2. The largest absolute Gasteiger partial charge is 0.444 e. The molecule has 1 saturated heterocycles. The Morgan fingerprint density at radius 1 is 1.33 bits per heavy atom. The van der Waals surface area contributed by atoms with Crippen molar-refractivity contribution in [3.05, 3.63) is 33.8 Å². The van der Waals surface area contributed by atoms with Crippen LogP contribution in [0.3, 0.4) is 0 Å². The third-order valence-electron chi connectivity index (χ3n) is 4.35. The van der Waals surface area contributed by atoms with Gasteiger partial charge in [-0.25, -0.2) is 4.79 Å². The lowest BCUT2D eigenvalue weighted by Crippen LogP contribution is -2.38. The fraction of sp³-hybridized carbons (Fsp3) is 0.611. The molecule has 1 fully saturated rings. The Morgan fingerprint density at radius 2 is 2.04 bits per heavy atom. The molecule has 0 bridgehead atoms. The normalized spacial score (nSPS) is 21.2. The first kappa shape index (κ1) is 19.4. The van der Waals surface area contributed by atoms with Crippen LogP contribution in [-0.2, 0) is 10.2 Å². The van der Waals surface area contributed by atoms with Crippen LogP contribution in [0.4, 0.5) is 4.79 Å². The first-order chi connectivity index (χ1) is 11.2. The van der Waals surface area contributed by atoms with E-state index in [0.29, 0.717) is 29.6 Å². The van der Waals surface area contributed by atoms with Gasteiger partial charge < -0.3 is 14.7 Å². The third-order valence-corrected chi connectivity index (χ3v) is 5.09. The summed E-state index contributed by atoms with van der Waals surface area (Å²) in [5.41, 5.74) is 0.307. The van der Waals surface area contributed by atoms with Gasteiger partial charge in [-0.3, -0.25) is 0 Å². The number of nitrogens with zero attached hydrogens (tertiary/aromatic N) is 1. The predicted octanol–water partition coefficient (Wildman–Crippen LogP) is 4.64. The number of amides is 1. The quantitative estimate of drug-likeness (QED) is 0.835. The van der Waals surface area contributed by atoms with Gasteiger partial charge >= 0.3 is 6.09 Å². The van der Waals surface area contributed by atoms with Gasteiger partial charge in [-0.15, -0.1) is 0 Å². The molecule has 1 aliphatic rings. The highest BCUT2D eigenvalue weighted by Crippen LogP contribution is 2.41. The maximum Gasteiger partial charge on any atom is 0.410 e. The minimum absolute atomic E-state index is 0.121. The van der Waals surface area contributed by atoms with E-state index in [0.717, 1.165) is 18.4 Å². The molecule has 1 heterocycles. The highest BCUT2D eigenvalue weighted by molar-refractivity contribution is 6.42. The van der Waals surface area contributed by atoms with Crippen LogP contribution in [0.5, 0.6) is 0 Å². The summed E-state index contributed by atoms with van der Waals surface area (Å²) in [6, 6.07) is 5.63. The molecule has 24 heavy (non-hydrogen) atoms. The van der Waals surface area contributed by atoms with E-state index in [1.165, 1.54) is 0 Å². The molecule has 1 atom stereocenters. The number of hydrogen-bond donors (Lipinski definition) is 1. The second-order valence-electron chi connectivity index (χ2n) is 7.39. The molecular weight excluding hydrogens is 349 g/mol. The standard InChI is InChI=1S/C18H25Cl2NO3/c1-17(2,3)24-16(23)21-9-8-18(12-21,7-4-10-22)13-5-6-14(19)15(20)11-13/h5-6,11,22H,4,7-10,12H2,1-3H3. The first-order valence-electron chi connectivity index (χ1n) is 8.21. The van der Waals surface area contributed by atoms with Gasteiger partial charge in [-0.1, -0.05) is 29.3 Å². The Kier molecular flexibility index (Phi) is 6.05. The minimum atomic E-state index is -0.517. The molecule has 1 unspecified atom stereocenters. The molecular formula is C18H25Cl2NO3. The summed E-state index contributed by atoms with van der Waals surface area (Å²) in [5, 5.41) is 10.3. The zero-order valence-corrected chi connectivity index (χ0v) is 16.0. The second-order valence-corrected chi connectivity index (χ2v) is 8.20. The second kappa shape index (κ2) is 7.51. The van der Waals surface area contributed by atoms with Crippen molar-refractivity contribution in [2.75, 3.05) is 19.7 Å². The van der Waals surface area contributed by atoms with Gasteiger partial charge in [0, 0.05) is 25.1 Å². The third kappa shape index (κ3) is 4.56. The van der Waals surface area contributed by atoms with Crippen LogP contribution in [0, 0.1) is 0 Å². The van der Waals surface area contributed by atoms with Crippen LogP contribution in [0.1, 0.15) is 45.6 Å². The Bertz CT molecular complexity index is 600. The van der Waals surface area contributed by atoms with E-state index in [9.17, 15) is 9.90 Å². The van der Waals surface area contributed by atoms with Crippen molar-refractivity contribution in [1.29, 1.82) is 0 Å². The summed E-state index contributed by atoms with van der Waals surface area (Å²) in [4.78, 5) is 14.1. The van der Waals surface area contributed by atoms with E-state index in [-0.39, 0.29) is 18.1 Å². The average Bonchev–Trinajstić information content (AvgIpc) is 2.92. The molecule has 1 amide bonds. The number of carbonyl (C=O) groups is 1. The fourth-order valence-corrected chi connectivity index (χ4v) is 3.48. The zero-order valence-electron chi connectivity index (χ0n) is 14.4. The lowest BCUT2D eigenvalue weighted by atomic mass is 9.76. The van der Waals surface area contributed by atoms with Gasteiger partial charge in [-0.2, -0.15) is 0 Å². The topological polar surface area (TPSA) is 49.8 Å². The Morgan fingerprint density at radius 3 is 2.62 bits per heavy atom. The predicted molar refractivity (Wildman–Crippen MR) is 96.9 cm³/mol. The molecule has 0 aliphatic carbocycles. The number of aliphatic hydroxyl groups is 1. The van der Waals surface area contributed by atoms with E-state index in [1.54, 1.807) is 11.0 Å². The van der Waals surface area contributed by atoms with Crippen molar-refractivity contribution in [2.45, 2.75) is 51.0 Å². The van der Waals surface area contributed by atoms with Gasteiger partial charge in [0.1, 0.15) is 5.60 Å². The zero-order chi connectivity index (χ0) is 18.0. The molecule has 2 rings (SSSR count). The molecule has 134 valence electrons. The molecule has 0 spiro atoms. The lowest BCUT2D eigenvalue weighted by molar-refractivity contribution is 0.0282. The monoisotopic (exact) mass is 373 g/mol. The highest BCUT2D eigenvalue weighted by Gasteiger charge is 2.42. The summed E-state index contributed by atoms with van der Waals surface area (Å²) in [6.45, 7) is 6.88.